The number of aromatic amines is 1. The predicted octanol–water partition coefficient (Wildman–Crippen LogP) is 3.56. The number of methoxy groups -OCH3 is 3. The summed E-state index contributed by atoms with van der Waals surface area (Å²) in [4.78, 5) is 31.1. The van der Waals surface area contributed by atoms with Crippen LogP contribution in [-0.2, 0) is 4.79 Å². The zero-order valence-electron chi connectivity index (χ0n) is 20.5. The molecule has 1 N–H and O–H groups in total. The van der Waals surface area contributed by atoms with Gasteiger partial charge in [-0.3, -0.25) is 14.6 Å². The number of carbonyl (C=O) groups is 1. The van der Waals surface area contributed by atoms with Crippen LogP contribution in [0, 0.1) is 0 Å². The third-order valence-electron chi connectivity index (χ3n) is 5.85. The van der Waals surface area contributed by atoms with Crippen molar-refractivity contribution in [3.8, 4) is 28.5 Å². The highest BCUT2D eigenvalue weighted by Crippen LogP contribution is 2.43. The lowest BCUT2D eigenvalue weighted by molar-refractivity contribution is -0.763. The second kappa shape index (κ2) is 10.4. The van der Waals surface area contributed by atoms with Gasteiger partial charge in [0.2, 0.25) is 11.1 Å². The number of thioether (sulfide) groups is 1. The SMILES string of the molecule is CCCCSc1n[n+]2c(c(=O)[nH]1)-c1ccccc1N(C(C)=O)[C@H]2c1cc(OC)c(OC)cc1OC. The van der Waals surface area contributed by atoms with Crippen molar-refractivity contribution in [2.45, 2.75) is 38.0 Å². The number of anilines is 1. The van der Waals surface area contributed by atoms with E-state index in [4.69, 9.17) is 19.3 Å². The Morgan fingerprint density at radius 3 is 2.46 bits per heavy atom. The van der Waals surface area contributed by atoms with Crippen LogP contribution in [0.1, 0.15) is 38.4 Å². The summed E-state index contributed by atoms with van der Waals surface area (Å²) in [6.07, 6.45) is 1.23. The molecule has 0 bridgehead atoms. The number of aromatic nitrogens is 3. The fourth-order valence-electron chi connectivity index (χ4n) is 4.23. The van der Waals surface area contributed by atoms with E-state index >= 15 is 0 Å². The molecule has 0 saturated heterocycles. The molecule has 1 aliphatic rings. The van der Waals surface area contributed by atoms with Crippen molar-refractivity contribution in [3.63, 3.8) is 0 Å². The van der Waals surface area contributed by atoms with E-state index in [-0.39, 0.29) is 11.5 Å². The molecule has 0 radical (unpaired) electrons. The summed E-state index contributed by atoms with van der Waals surface area (Å²) in [5.41, 5.74) is 1.92. The molecule has 1 atom stereocenters. The lowest BCUT2D eigenvalue weighted by Crippen LogP contribution is -2.60. The van der Waals surface area contributed by atoms with E-state index in [0.29, 0.717) is 44.9 Å². The molecule has 9 nitrogen and oxygen atoms in total. The molecule has 2 heterocycles. The zero-order valence-corrected chi connectivity index (χ0v) is 21.3. The van der Waals surface area contributed by atoms with Gasteiger partial charge in [-0.1, -0.05) is 37.2 Å². The average Bonchev–Trinajstić information content (AvgIpc) is 2.86. The Morgan fingerprint density at radius 2 is 1.80 bits per heavy atom. The Labute approximate surface area is 208 Å². The molecule has 0 aliphatic carbocycles. The van der Waals surface area contributed by atoms with Gasteiger partial charge in [0.15, 0.2) is 11.5 Å². The van der Waals surface area contributed by atoms with Crippen LogP contribution >= 0.6 is 11.8 Å². The van der Waals surface area contributed by atoms with E-state index in [9.17, 15) is 9.59 Å². The number of rotatable bonds is 8. The van der Waals surface area contributed by atoms with Crippen LogP contribution in [0.4, 0.5) is 5.69 Å². The van der Waals surface area contributed by atoms with E-state index in [1.807, 2.05) is 24.3 Å². The number of ether oxygens (including phenoxy) is 3. The molecule has 35 heavy (non-hydrogen) atoms. The predicted molar refractivity (Wildman–Crippen MR) is 134 cm³/mol. The second-order valence-corrected chi connectivity index (χ2v) is 9.07. The molecule has 0 fully saturated rings. The normalized spacial score (nSPS) is 14.2. The Kier molecular flexibility index (Phi) is 7.30. The molecular formula is C25H29N4O5S+. The maximum Gasteiger partial charge on any atom is 0.325 e. The second-order valence-electron chi connectivity index (χ2n) is 7.98. The fourth-order valence-corrected chi connectivity index (χ4v) is 5.16. The van der Waals surface area contributed by atoms with E-state index in [1.54, 1.807) is 43.0 Å². The van der Waals surface area contributed by atoms with Crippen LogP contribution in [0.3, 0.4) is 0 Å². The molecule has 1 aromatic heterocycles. The fraction of sp³-hybridized carbons (Fsp3) is 0.360. The maximum atomic E-state index is 13.4. The average molecular weight is 498 g/mol. The molecule has 0 unspecified atom stereocenters. The van der Waals surface area contributed by atoms with Gasteiger partial charge >= 0.3 is 11.3 Å². The molecule has 2 aromatic carbocycles. The van der Waals surface area contributed by atoms with Crippen LogP contribution in [0.2, 0.25) is 0 Å². The lowest BCUT2D eigenvalue weighted by Gasteiger charge is -2.32. The highest BCUT2D eigenvalue weighted by Gasteiger charge is 2.46. The monoisotopic (exact) mass is 497 g/mol. The summed E-state index contributed by atoms with van der Waals surface area (Å²) >= 11 is 1.48. The molecule has 4 rings (SSSR count). The number of nitrogens with one attached hydrogen (secondary N) is 1. The van der Waals surface area contributed by atoms with Crippen LogP contribution in [-0.4, -0.2) is 43.1 Å². The van der Waals surface area contributed by atoms with Gasteiger partial charge < -0.3 is 14.2 Å². The van der Waals surface area contributed by atoms with Gasteiger partial charge in [0.05, 0.1) is 38.1 Å². The van der Waals surface area contributed by atoms with E-state index in [0.717, 1.165) is 18.6 Å². The minimum atomic E-state index is -0.792. The molecule has 0 spiro atoms. The topological polar surface area (TPSA) is 97.6 Å². The highest BCUT2D eigenvalue weighted by molar-refractivity contribution is 7.99. The van der Waals surface area contributed by atoms with E-state index in [2.05, 4.69) is 11.9 Å². The minimum Gasteiger partial charge on any atom is -0.496 e. The van der Waals surface area contributed by atoms with Gasteiger partial charge in [-0.15, -0.1) is 0 Å². The summed E-state index contributed by atoms with van der Waals surface area (Å²) in [6.45, 7) is 3.60. The molecule has 0 saturated carbocycles. The summed E-state index contributed by atoms with van der Waals surface area (Å²) in [6, 6.07) is 10.8. The number of nitrogens with zero attached hydrogens (tertiary/aromatic N) is 3. The lowest BCUT2D eigenvalue weighted by atomic mass is 10.0. The number of benzene rings is 2. The molecule has 184 valence electrons. The van der Waals surface area contributed by atoms with Crippen LogP contribution < -0.4 is 29.4 Å². The van der Waals surface area contributed by atoms with Gasteiger partial charge in [-0.25, -0.2) is 4.90 Å². The van der Waals surface area contributed by atoms with Gasteiger partial charge in [0, 0.05) is 23.8 Å². The Morgan fingerprint density at radius 1 is 1.11 bits per heavy atom. The number of carbonyl (C=O) groups excluding carboxylic acids is 1. The van der Waals surface area contributed by atoms with E-state index in [1.165, 1.54) is 18.7 Å². The number of unbranched alkanes of at least 4 members (excludes halogenated alkanes) is 1. The number of hydrogen-bond acceptors (Lipinski definition) is 7. The van der Waals surface area contributed by atoms with E-state index < -0.39 is 6.17 Å². The number of H-pyrrole nitrogens is 1. The van der Waals surface area contributed by atoms with Crippen molar-refractivity contribution in [1.29, 1.82) is 0 Å². The molecule has 10 heteroatoms. The van der Waals surface area contributed by atoms with Gasteiger partial charge in [-0.2, -0.15) is 0 Å². The first-order chi connectivity index (χ1) is 16.9. The summed E-state index contributed by atoms with van der Waals surface area (Å²) in [5.74, 6) is 2.03. The Bertz CT molecular complexity index is 1310. The smallest absolute Gasteiger partial charge is 0.325 e. The van der Waals surface area contributed by atoms with Crippen LogP contribution in [0.25, 0.3) is 11.3 Å². The maximum absolute atomic E-state index is 13.4. The summed E-state index contributed by atoms with van der Waals surface area (Å²) in [7, 11) is 4.63. The number of amides is 1. The molecular weight excluding hydrogens is 468 g/mol. The molecule has 3 aromatic rings. The summed E-state index contributed by atoms with van der Waals surface area (Å²) < 4.78 is 18.3. The number of para-hydroxylation sites is 1. The summed E-state index contributed by atoms with van der Waals surface area (Å²) in [5, 5.41) is 5.30. The Balaban J connectivity index is 2.04. The van der Waals surface area contributed by atoms with Crippen molar-refractivity contribution < 1.29 is 23.7 Å². The molecule has 1 amide bonds. The standard InChI is InChI=1S/C25H28N4O5S/c1-6-7-12-35-25-26-23(31)22-16-10-8-9-11-18(16)28(15(2)30)24(29(22)27-25)17-13-20(33-4)21(34-5)14-19(17)32-3/h8-11,13-14,24H,6-7,12H2,1-5H3/p+1/t24-/m1/s1. The van der Waals surface area contributed by atoms with Crippen molar-refractivity contribution in [2.75, 3.05) is 32.0 Å². The third kappa shape index (κ3) is 4.45. The number of hydrogen-bond donors (Lipinski definition) is 1. The van der Waals surface area contributed by atoms with Crippen molar-refractivity contribution in [3.05, 3.63) is 52.3 Å². The van der Waals surface area contributed by atoms with Crippen LogP contribution in [0.5, 0.6) is 17.2 Å². The third-order valence-corrected chi connectivity index (χ3v) is 6.80. The quantitative estimate of drug-likeness (QED) is 0.289. The first-order valence-corrected chi connectivity index (χ1v) is 12.3. The Hall–Kier alpha value is -3.53. The number of fused-ring (bicyclic) bond motifs is 3. The zero-order chi connectivity index (χ0) is 25.1. The van der Waals surface area contributed by atoms with Crippen LogP contribution in [0.15, 0.2) is 46.3 Å². The highest BCUT2D eigenvalue weighted by atomic mass is 32.2. The van der Waals surface area contributed by atoms with Gasteiger partial charge in [-0.05, 0) is 29.3 Å². The van der Waals surface area contributed by atoms with Gasteiger partial charge in [0.25, 0.3) is 6.17 Å². The van der Waals surface area contributed by atoms with Crippen molar-refractivity contribution in [2.24, 2.45) is 0 Å². The minimum absolute atomic E-state index is 0.209. The van der Waals surface area contributed by atoms with Crippen molar-refractivity contribution >= 4 is 23.4 Å². The van der Waals surface area contributed by atoms with Crippen molar-refractivity contribution in [1.82, 2.24) is 10.1 Å². The van der Waals surface area contributed by atoms with Gasteiger partial charge in [0.1, 0.15) is 5.75 Å². The first-order valence-electron chi connectivity index (χ1n) is 11.3. The largest absolute Gasteiger partial charge is 0.496 e. The molecule has 1 aliphatic heterocycles. The first kappa shape index (κ1) is 24.6.